The standard InChI is InChI=1S/C24H25N5O/c1-27(2)24-26-22-11-12-28(15-20-10-6-9-19(13-20)14-25)17-21(22)23(30)29(24)16-18-7-4-3-5-8-18/h3-10,13H,11-12,15-17H2,1-2H3. The van der Waals surface area contributed by atoms with Crippen molar-refractivity contribution in [3.05, 3.63) is 92.9 Å². The number of anilines is 1. The molecule has 30 heavy (non-hydrogen) atoms. The van der Waals surface area contributed by atoms with Crippen molar-refractivity contribution in [3.8, 4) is 6.07 Å². The minimum atomic E-state index is 0.0306. The Kier molecular flexibility index (Phi) is 5.64. The average molecular weight is 399 g/mol. The van der Waals surface area contributed by atoms with Gasteiger partial charge in [0, 0.05) is 40.2 Å². The molecule has 0 amide bonds. The van der Waals surface area contributed by atoms with E-state index in [0.717, 1.165) is 35.3 Å². The maximum atomic E-state index is 13.5. The molecular formula is C24H25N5O. The molecule has 0 atom stereocenters. The average Bonchev–Trinajstić information content (AvgIpc) is 2.76. The van der Waals surface area contributed by atoms with Gasteiger partial charge in [-0.2, -0.15) is 5.26 Å². The summed E-state index contributed by atoms with van der Waals surface area (Å²) < 4.78 is 1.77. The lowest BCUT2D eigenvalue weighted by Gasteiger charge is -2.30. The Bertz CT molecular complexity index is 1140. The molecule has 2 aromatic carbocycles. The van der Waals surface area contributed by atoms with Crippen LogP contribution in [0.2, 0.25) is 0 Å². The third kappa shape index (κ3) is 4.12. The molecule has 4 rings (SSSR count). The van der Waals surface area contributed by atoms with E-state index in [-0.39, 0.29) is 5.56 Å². The van der Waals surface area contributed by atoms with E-state index >= 15 is 0 Å². The smallest absolute Gasteiger partial charge is 0.259 e. The van der Waals surface area contributed by atoms with Crippen LogP contribution in [0.5, 0.6) is 0 Å². The van der Waals surface area contributed by atoms with Crippen LogP contribution in [0.1, 0.15) is 27.9 Å². The normalized spacial score (nSPS) is 13.5. The van der Waals surface area contributed by atoms with Gasteiger partial charge >= 0.3 is 0 Å². The molecule has 0 unspecified atom stereocenters. The van der Waals surface area contributed by atoms with Crippen LogP contribution < -0.4 is 10.5 Å². The van der Waals surface area contributed by atoms with Crippen molar-refractivity contribution in [2.75, 3.05) is 25.5 Å². The van der Waals surface area contributed by atoms with Gasteiger partial charge in [-0.15, -0.1) is 0 Å². The number of nitriles is 1. The zero-order valence-electron chi connectivity index (χ0n) is 17.4. The second kappa shape index (κ2) is 8.52. The number of rotatable bonds is 5. The van der Waals surface area contributed by atoms with Gasteiger partial charge in [0.2, 0.25) is 5.95 Å². The Morgan fingerprint density at radius 3 is 2.57 bits per heavy atom. The largest absolute Gasteiger partial charge is 0.348 e. The summed E-state index contributed by atoms with van der Waals surface area (Å²) >= 11 is 0. The molecule has 6 nitrogen and oxygen atoms in total. The van der Waals surface area contributed by atoms with E-state index in [0.29, 0.717) is 31.1 Å². The lowest BCUT2D eigenvalue weighted by Crippen LogP contribution is -2.39. The van der Waals surface area contributed by atoms with Crippen molar-refractivity contribution in [1.29, 1.82) is 5.26 Å². The van der Waals surface area contributed by atoms with Gasteiger partial charge in [0.15, 0.2) is 0 Å². The summed E-state index contributed by atoms with van der Waals surface area (Å²) in [5.74, 6) is 0.692. The van der Waals surface area contributed by atoms with Crippen molar-refractivity contribution < 1.29 is 0 Å². The lowest BCUT2D eigenvalue weighted by molar-refractivity contribution is 0.241. The third-order valence-electron chi connectivity index (χ3n) is 5.42. The van der Waals surface area contributed by atoms with Gasteiger partial charge in [-0.1, -0.05) is 42.5 Å². The minimum absolute atomic E-state index is 0.0306. The Hall–Kier alpha value is -3.43. The van der Waals surface area contributed by atoms with E-state index in [1.165, 1.54) is 0 Å². The van der Waals surface area contributed by atoms with Gasteiger partial charge in [0.25, 0.3) is 5.56 Å². The second-order valence-electron chi connectivity index (χ2n) is 7.88. The fraction of sp³-hybridized carbons (Fsp3) is 0.292. The molecule has 0 fully saturated rings. The van der Waals surface area contributed by atoms with Gasteiger partial charge in [0.05, 0.1) is 29.4 Å². The summed E-state index contributed by atoms with van der Waals surface area (Å²) in [6, 6.07) is 19.8. The van der Waals surface area contributed by atoms with Gasteiger partial charge < -0.3 is 4.90 Å². The monoisotopic (exact) mass is 399 g/mol. The van der Waals surface area contributed by atoms with E-state index in [1.54, 1.807) is 4.57 Å². The van der Waals surface area contributed by atoms with E-state index in [9.17, 15) is 4.79 Å². The summed E-state index contributed by atoms with van der Waals surface area (Å²) in [4.78, 5) is 22.5. The van der Waals surface area contributed by atoms with Crippen LogP contribution in [0.3, 0.4) is 0 Å². The zero-order chi connectivity index (χ0) is 21.1. The highest BCUT2D eigenvalue weighted by Crippen LogP contribution is 2.20. The van der Waals surface area contributed by atoms with Crippen LogP contribution in [0.4, 0.5) is 5.95 Å². The number of benzene rings is 2. The summed E-state index contributed by atoms with van der Waals surface area (Å²) in [5.41, 5.74) is 4.52. The van der Waals surface area contributed by atoms with Crippen LogP contribution in [-0.2, 0) is 26.1 Å². The highest BCUT2D eigenvalue weighted by atomic mass is 16.1. The Morgan fingerprint density at radius 2 is 1.83 bits per heavy atom. The summed E-state index contributed by atoms with van der Waals surface area (Å²) in [7, 11) is 3.85. The fourth-order valence-corrected chi connectivity index (χ4v) is 3.94. The quantitative estimate of drug-likeness (QED) is 0.660. The summed E-state index contributed by atoms with van der Waals surface area (Å²) in [6.07, 6.45) is 0.746. The highest BCUT2D eigenvalue weighted by Gasteiger charge is 2.24. The molecule has 2 heterocycles. The minimum Gasteiger partial charge on any atom is -0.348 e. The second-order valence-corrected chi connectivity index (χ2v) is 7.88. The molecule has 0 saturated carbocycles. The molecule has 0 saturated heterocycles. The van der Waals surface area contributed by atoms with Gasteiger partial charge in [-0.3, -0.25) is 14.3 Å². The molecule has 0 bridgehead atoms. The van der Waals surface area contributed by atoms with Crippen molar-refractivity contribution in [2.24, 2.45) is 0 Å². The predicted octanol–water partition coefficient (Wildman–Crippen LogP) is 2.79. The lowest BCUT2D eigenvalue weighted by atomic mass is 10.0. The highest BCUT2D eigenvalue weighted by molar-refractivity contribution is 5.36. The maximum Gasteiger partial charge on any atom is 0.259 e. The number of fused-ring (bicyclic) bond motifs is 1. The molecule has 1 aromatic heterocycles. The summed E-state index contributed by atoms with van der Waals surface area (Å²) in [5, 5.41) is 9.14. The Morgan fingerprint density at radius 1 is 1.07 bits per heavy atom. The molecule has 6 heteroatoms. The van der Waals surface area contributed by atoms with Crippen LogP contribution in [-0.4, -0.2) is 35.1 Å². The number of hydrogen-bond donors (Lipinski definition) is 0. The van der Waals surface area contributed by atoms with Crippen molar-refractivity contribution in [2.45, 2.75) is 26.1 Å². The predicted molar refractivity (Wildman–Crippen MR) is 117 cm³/mol. The zero-order valence-corrected chi connectivity index (χ0v) is 17.4. The number of aromatic nitrogens is 2. The van der Waals surface area contributed by atoms with Crippen molar-refractivity contribution >= 4 is 5.95 Å². The number of hydrogen-bond acceptors (Lipinski definition) is 5. The molecule has 1 aliphatic heterocycles. The van der Waals surface area contributed by atoms with E-state index < -0.39 is 0 Å². The molecule has 0 aliphatic carbocycles. The molecule has 0 N–H and O–H groups in total. The first-order valence-corrected chi connectivity index (χ1v) is 10.1. The first kappa shape index (κ1) is 19.9. The van der Waals surface area contributed by atoms with Crippen LogP contribution >= 0.6 is 0 Å². The molecule has 0 radical (unpaired) electrons. The SMILES string of the molecule is CN(C)c1nc2c(c(=O)n1Cc1ccccc1)CN(Cc1cccc(C#N)c1)CC2. The van der Waals surface area contributed by atoms with E-state index in [1.807, 2.05) is 73.6 Å². The van der Waals surface area contributed by atoms with Gasteiger partial charge in [-0.05, 0) is 23.3 Å². The van der Waals surface area contributed by atoms with Crippen molar-refractivity contribution in [1.82, 2.24) is 14.5 Å². The van der Waals surface area contributed by atoms with Crippen LogP contribution in [0.25, 0.3) is 0 Å². The van der Waals surface area contributed by atoms with Crippen molar-refractivity contribution in [3.63, 3.8) is 0 Å². The summed E-state index contributed by atoms with van der Waals surface area (Å²) in [6.45, 7) is 2.62. The van der Waals surface area contributed by atoms with Gasteiger partial charge in [-0.25, -0.2) is 4.98 Å². The van der Waals surface area contributed by atoms with E-state index in [2.05, 4.69) is 11.0 Å². The first-order chi connectivity index (χ1) is 14.5. The van der Waals surface area contributed by atoms with Gasteiger partial charge in [0.1, 0.15) is 0 Å². The Labute approximate surface area is 176 Å². The molecule has 1 aliphatic rings. The Balaban J connectivity index is 1.65. The number of nitrogens with zero attached hydrogens (tertiary/aromatic N) is 5. The topological polar surface area (TPSA) is 65.2 Å². The van der Waals surface area contributed by atoms with Crippen LogP contribution in [0, 0.1) is 11.3 Å². The molecule has 0 spiro atoms. The van der Waals surface area contributed by atoms with E-state index in [4.69, 9.17) is 10.2 Å². The fourth-order valence-electron chi connectivity index (χ4n) is 3.94. The molecule has 152 valence electrons. The van der Waals surface area contributed by atoms with Crippen LogP contribution in [0.15, 0.2) is 59.4 Å². The maximum absolute atomic E-state index is 13.5. The molecular weight excluding hydrogens is 374 g/mol. The third-order valence-corrected chi connectivity index (χ3v) is 5.42. The molecule has 3 aromatic rings. The first-order valence-electron chi connectivity index (χ1n) is 10.1.